The monoisotopic (exact) mass is 511 g/mol. The molecule has 0 aliphatic rings. The van der Waals surface area contributed by atoms with Crippen LogP contribution in [0.5, 0.6) is 11.5 Å². The van der Waals surface area contributed by atoms with Gasteiger partial charge >= 0.3 is 11.9 Å². The lowest BCUT2D eigenvalue weighted by Crippen LogP contribution is -2.26. The Morgan fingerprint density at radius 2 is 1.42 bits per heavy atom. The first-order valence-electron chi connectivity index (χ1n) is 12.7. The van der Waals surface area contributed by atoms with Gasteiger partial charge in [0.2, 0.25) is 0 Å². The number of rotatable bonds is 12. The largest absolute Gasteiger partial charge is 0.494 e. The Kier molecular flexibility index (Phi) is 10.2. The van der Waals surface area contributed by atoms with Crippen LogP contribution in [0.3, 0.4) is 0 Å². The lowest BCUT2D eigenvalue weighted by molar-refractivity contribution is -0.154. The van der Waals surface area contributed by atoms with Gasteiger partial charge in [0, 0.05) is 6.08 Å². The zero-order valence-corrected chi connectivity index (χ0v) is 22.1. The number of unbranched alkanes of at least 4 members (excludes halogenated alkanes) is 1. The molecule has 0 unspecified atom stereocenters. The predicted octanol–water partition coefficient (Wildman–Crippen LogP) is 6.98. The quantitative estimate of drug-likeness (QED) is 0.113. The van der Waals surface area contributed by atoms with Crippen molar-refractivity contribution in [3.05, 3.63) is 90.0 Å². The van der Waals surface area contributed by atoms with Gasteiger partial charge in [-0.25, -0.2) is 4.79 Å². The number of hydrogen-bond acceptors (Lipinski definition) is 6. The summed E-state index contributed by atoms with van der Waals surface area (Å²) in [5, 5.41) is 8.92. The number of nitriles is 1. The van der Waals surface area contributed by atoms with Crippen molar-refractivity contribution < 1.29 is 23.8 Å². The van der Waals surface area contributed by atoms with Crippen molar-refractivity contribution in [3.8, 4) is 28.7 Å². The SMILES string of the molecule is CCC(C)(C)C(=O)OCCCCOc1ccc(C=CC(=O)Oc2ccc(-c3ccc(C#N)cc3)cc2)cc1. The van der Waals surface area contributed by atoms with Gasteiger partial charge in [-0.05, 0) is 92.3 Å². The van der Waals surface area contributed by atoms with Crippen molar-refractivity contribution in [1.29, 1.82) is 5.26 Å². The zero-order chi connectivity index (χ0) is 27.4. The molecular formula is C32H33NO5. The lowest BCUT2D eigenvalue weighted by Gasteiger charge is -2.20. The Labute approximate surface area is 224 Å². The van der Waals surface area contributed by atoms with Gasteiger partial charge in [-0.2, -0.15) is 5.26 Å². The van der Waals surface area contributed by atoms with Gasteiger partial charge < -0.3 is 14.2 Å². The zero-order valence-electron chi connectivity index (χ0n) is 22.1. The van der Waals surface area contributed by atoms with E-state index in [2.05, 4.69) is 6.07 Å². The standard InChI is InChI=1S/C32H33NO5/c1-4-32(2,3)31(35)37-22-6-5-21-36-28-16-9-24(10-17-28)11-20-30(34)38-29-18-14-27(15-19-29)26-12-7-25(23-33)8-13-26/h7-20H,4-6,21-22H2,1-3H3. The van der Waals surface area contributed by atoms with E-state index in [1.165, 1.54) is 6.08 Å². The molecule has 0 fully saturated rings. The second kappa shape index (κ2) is 13.8. The Hall–Kier alpha value is -4.37. The summed E-state index contributed by atoms with van der Waals surface area (Å²) < 4.78 is 16.5. The van der Waals surface area contributed by atoms with Crippen LogP contribution in [0, 0.1) is 16.7 Å². The lowest BCUT2D eigenvalue weighted by atomic mass is 9.91. The molecule has 3 rings (SSSR count). The first-order valence-corrected chi connectivity index (χ1v) is 12.7. The maximum absolute atomic E-state index is 12.2. The third-order valence-electron chi connectivity index (χ3n) is 6.19. The smallest absolute Gasteiger partial charge is 0.336 e. The Morgan fingerprint density at radius 3 is 2.03 bits per heavy atom. The van der Waals surface area contributed by atoms with Gasteiger partial charge in [-0.15, -0.1) is 0 Å². The first kappa shape index (κ1) is 28.2. The second-order valence-corrected chi connectivity index (χ2v) is 9.47. The van der Waals surface area contributed by atoms with Crippen LogP contribution in [-0.2, 0) is 14.3 Å². The number of carbonyl (C=O) groups excluding carboxylic acids is 2. The molecule has 0 aromatic heterocycles. The van der Waals surface area contributed by atoms with E-state index < -0.39 is 11.4 Å². The predicted molar refractivity (Wildman–Crippen MR) is 147 cm³/mol. The van der Waals surface area contributed by atoms with E-state index in [0.29, 0.717) is 24.5 Å². The molecule has 6 heteroatoms. The van der Waals surface area contributed by atoms with Crippen molar-refractivity contribution in [2.24, 2.45) is 5.41 Å². The molecule has 0 spiro atoms. The molecule has 0 heterocycles. The van der Waals surface area contributed by atoms with E-state index in [-0.39, 0.29) is 5.97 Å². The molecule has 0 radical (unpaired) electrons. The van der Waals surface area contributed by atoms with E-state index >= 15 is 0 Å². The van der Waals surface area contributed by atoms with Crippen LogP contribution in [0.2, 0.25) is 0 Å². The van der Waals surface area contributed by atoms with Crippen LogP contribution in [0.4, 0.5) is 0 Å². The Balaban J connectivity index is 1.39. The number of ether oxygens (including phenoxy) is 3. The average Bonchev–Trinajstić information content (AvgIpc) is 2.94. The van der Waals surface area contributed by atoms with Crippen molar-refractivity contribution in [3.63, 3.8) is 0 Å². The summed E-state index contributed by atoms with van der Waals surface area (Å²) >= 11 is 0. The summed E-state index contributed by atoms with van der Waals surface area (Å²) in [5.41, 5.74) is 2.95. The van der Waals surface area contributed by atoms with Crippen LogP contribution in [-0.4, -0.2) is 25.2 Å². The Bertz CT molecular complexity index is 1270. The van der Waals surface area contributed by atoms with E-state index in [4.69, 9.17) is 19.5 Å². The highest BCUT2D eigenvalue weighted by Crippen LogP contribution is 2.23. The topological polar surface area (TPSA) is 85.6 Å². The normalized spacial score (nSPS) is 11.1. The average molecular weight is 512 g/mol. The fourth-order valence-corrected chi connectivity index (χ4v) is 3.34. The minimum absolute atomic E-state index is 0.161. The molecule has 0 bridgehead atoms. The van der Waals surface area contributed by atoms with Crippen LogP contribution >= 0.6 is 0 Å². The summed E-state index contributed by atoms with van der Waals surface area (Å²) in [6.45, 7) is 6.67. The molecule has 6 nitrogen and oxygen atoms in total. The highest BCUT2D eigenvalue weighted by atomic mass is 16.5. The Morgan fingerprint density at radius 1 is 0.842 bits per heavy atom. The highest BCUT2D eigenvalue weighted by Gasteiger charge is 2.26. The summed E-state index contributed by atoms with van der Waals surface area (Å²) in [7, 11) is 0. The highest BCUT2D eigenvalue weighted by molar-refractivity contribution is 5.88. The van der Waals surface area contributed by atoms with E-state index in [1.807, 2.05) is 69.3 Å². The van der Waals surface area contributed by atoms with Crippen molar-refractivity contribution in [2.75, 3.05) is 13.2 Å². The second-order valence-electron chi connectivity index (χ2n) is 9.47. The van der Waals surface area contributed by atoms with Crippen molar-refractivity contribution in [1.82, 2.24) is 0 Å². The maximum atomic E-state index is 12.2. The van der Waals surface area contributed by atoms with Crippen LogP contribution in [0.1, 0.15) is 51.2 Å². The molecule has 0 atom stereocenters. The number of benzene rings is 3. The summed E-state index contributed by atoms with van der Waals surface area (Å²) in [4.78, 5) is 24.2. The van der Waals surface area contributed by atoms with Crippen molar-refractivity contribution in [2.45, 2.75) is 40.0 Å². The van der Waals surface area contributed by atoms with Gasteiger partial charge in [-0.3, -0.25) is 4.79 Å². The molecule has 0 saturated heterocycles. The molecule has 3 aromatic rings. The number of carbonyl (C=O) groups is 2. The van der Waals surface area contributed by atoms with Crippen LogP contribution < -0.4 is 9.47 Å². The molecule has 0 aliphatic carbocycles. The van der Waals surface area contributed by atoms with Gasteiger partial charge in [0.25, 0.3) is 0 Å². The van der Waals surface area contributed by atoms with E-state index in [0.717, 1.165) is 41.7 Å². The van der Waals surface area contributed by atoms with E-state index in [9.17, 15) is 9.59 Å². The van der Waals surface area contributed by atoms with Gasteiger partial charge in [-0.1, -0.05) is 43.3 Å². The first-order chi connectivity index (χ1) is 18.3. The molecule has 0 amide bonds. The fourth-order valence-electron chi connectivity index (χ4n) is 3.34. The van der Waals surface area contributed by atoms with Crippen molar-refractivity contribution >= 4 is 18.0 Å². The molecule has 0 aliphatic heterocycles. The van der Waals surface area contributed by atoms with Gasteiger partial charge in [0.05, 0.1) is 30.3 Å². The van der Waals surface area contributed by atoms with E-state index in [1.54, 1.807) is 30.3 Å². The molecule has 196 valence electrons. The molecule has 0 saturated carbocycles. The molecular weight excluding hydrogens is 478 g/mol. The maximum Gasteiger partial charge on any atom is 0.336 e. The number of esters is 2. The minimum atomic E-state index is -0.473. The fraction of sp³-hybridized carbons (Fsp3) is 0.281. The molecule has 0 N–H and O–H groups in total. The summed E-state index contributed by atoms with van der Waals surface area (Å²) in [6.07, 6.45) is 5.33. The number of nitrogens with zero attached hydrogens (tertiary/aromatic N) is 1. The number of hydrogen-bond donors (Lipinski definition) is 0. The van der Waals surface area contributed by atoms with Crippen LogP contribution in [0.15, 0.2) is 78.9 Å². The summed E-state index contributed by atoms with van der Waals surface area (Å²) in [6, 6.07) is 24.0. The minimum Gasteiger partial charge on any atom is -0.494 e. The van der Waals surface area contributed by atoms with Gasteiger partial charge in [0.15, 0.2) is 0 Å². The third kappa shape index (κ3) is 8.63. The molecule has 38 heavy (non-hydrogen) atoms. The summed E-state index contributed by atoms with van der Waals surface area (Å²) in [5.74, 6) is 0.548. The van der Waals surface area contributed by atoms with Crippen LogP contribution in [0.25, 0.3) is 17.2 Å². The third-order valence-corrected chi connectivity index (χ3v) is 6.19. The van der Waals surface area contributed by atoms with Gasteiger partial charge in [0.1, 0.15) is 11.5 Å². The molecule has 3 aromatic carbocycles.